The Morgan fingerprint density at radius 3 is 2.96 bits per heavy atom. The smallest absolute Gasteiger partial charge is 0.231 e. The van der Waals surface area contributed by atoms with E-state index in [1.807, 2.05) is 31.3 Å². The molecular weight excluding hydrogens is 338 g/mol. The van der Waals surface area contributed by atoms with Gasteiger partial charge in [-0.25, -0.2) is 4.98 Å². The Morgan fingerprint density at radius 2 is 2.20 bits per heavy atom. The Kier molecular flexibility index (Phi) is 5.51. The summed E-state index contributed by atoms with van der Waals surface area (Å²) in [6, 6.07) is 5.87. The third-order valence-corrected chi connectivity index (χ3v) is 4.68. The van der Waals surface area contributed by atoms with E-state index < -0.39 is 0 Å². The minimum Gasteiger partial charge on any atom is -0.486 e. The number of terminal acetylenes is 1. The van der Waals surface area contributed by atoms with Crippen molar-refractivity contribution in [3.05, 3.63) is 24.4 Å². The number of imidazole rings is 1. The highest BCUT2D eigenvalue weighted by atomic mass is 32.2. The Labute approximate surface area is 150 Å². The summed E-state index contributed by atoms with van der Waals surface area (Å²) in [6.07, 6.45) is 6.95. The summed E-state index contributed by atoms with van der Waals surface area (Å²) < 4.78 is 13.3. The SMILES string of the molecule is C#CCNC(=O)CSc1ncc(-c2ccc3c(c2)OCCO3)n1CC. The van der Waals surface area contributed by atoms with Crippen LogP contribution >= 0.6 is 11.8 Å². The van der Waals surface area contributed by atoms with Crippen LogP contribution in [0.1, 0.15) is 6.92 Å². The van der Waals surface area contributed by atoms with Crippen LogP contribution in [-0.2, 0) is 11.3 Å². The Morgan fingerprint density at radius 1 is 1.40 bits per heavy atom. The summed E-state index contributed by atoms with van der Waals surface area (Å²) in [5.41, 5.74) is 1.98. The molecule has 6 nitrogen and oxygen atoms in total. The lowest BCUT2D eigenvalue weighted by molar-refractivity contribution is -0.118. The van der Waals surface area contributed by atoms with Gasteiger partial charge < -0.3 is 19.4 Å². The van der Waals surface area contributed by atoms with Gasteiger partial charge in [0, 0.05) is 12.1 Å². The van der Waals surface area contributed by atoms with Gasteiger partial charge in [-0.1, -0.05) is 17.7 Å². The van der Waals surface area contributed by atoms with E-state index in [-0.39, 0.29) is 18.2 Å². The number of nitrogens with one attached hydrogen (secondary N) is 1. The molecule has 1 N–H and O–H groups in total. The van der Waals surface area contributed by atoms with Crippen LogP contribution in [0.2, 0.25) is 0 Å². The Bertz CT molecular complexity index is 810. The Hall–Kier alpha value is -2.59. The van der Waals surface area contributed by atoms with Crippen molar-refractivity contribution in [1.82, 2.24) is 14.9 Å². The number of ether oxygens (including phenoxy) is 2. The van der Waals surface area contributed by atoms with Gasteiger partial charge in [-0.05, 0) is 25.1 Å². The van der Waals surface area contributed by atoms with Gasteiger partial charge in [0.25, 0.3) is 0 Å². The van der Waals surface area contributed by atoms with E-state index in [4.69, 9.17) is 15.9 Å². The second-order valence-electron chi connectivity index (χ2n) is 5.30. The topological polar surface area (TPSA) is 65.4 Å². The third kappa shape index (κ3) is 3.91. The van der Waals surface area contributed by atoms with Crippen LogP contribution < -0.4 is 14.8 Å². The van der Waals surface area contributed by atoms with E-state index in [1.54, 1.807) is 0 Å². The molecule has 0 saturated heterocycles. The molecule has 1 aromatic heterocycles. The van der Waals surface area contributed by atoms with Crippen molar-refractivity contribution >= 4 is 17.7 Å². The number of fused-ring (bicyclic) bond motifs is 1. The average molecular weight is 357 g/mol. The van der Waals surface area contributed by atoms with E-state index >= 15 is 0 Å². The van der Waals surface area contributed by atoms with Crippen LogP contribution in [0.3, 0.4) is 0 Å². The predicted molar refractivity (Wildman–Crippen MR) is 96.9 cm³/mol. The zero-order valence-corrected chi connectivity index (χ0v) is 14.8. The van der Waals surface area contributed by atoms with Crippen molar-refractivity contribution in [3.8, 4) is 35.1 Å². The fourth-order valence-electron chi connectivity index (χ4n) is 2.54. The van der Waals surface area contributed by atoms with Crippen molar-refractivity contribution in [1.29, 1.82) is 0 Å². The number of amides is 1. The molecule has 0 spiro atoms. The molecule has 7 heteroatoms. The van der Waals surface area contributed by atoms with Gasteiger partial charge in [0.05, 0.1) is 24.2 Å². The van der Waals surface area contributed by atoms with Gasteiger partial charge >= 0.3 is 0 Å². The van der Waals surface area contributed by atoms with Crippen LogP contribution in [0.4, 0.5) is 0 Å². The van der Waals surface area contributed by atoms with Crippen LogP contribution in [0.25, 0.3) is 11.3 Å². The number of hydrogen-bond acceptors (Lipinski definition) is 5. The fraction of sp³-hybridized carbons (Fsp3) is 0.333. The number of hydrogen-bond donors (Lipinski definition) is 1. The van der Waals surface area contributed by atoms with Gasteiger partial charge in [-0.15, -0.1) is 6.42 Å². The molecule has 0 unspecified atom stereocenters. The van der Waals surface area contributed by atoms with Crippen LogP contribution in [-0.4, -0.2) is 41.0 Å². The minimum atomic E-state index is -0.102. The zero-order chi connectivity index (χ0) is 17.6. The van der Waals surface area contributed by atoms with Crippen LogP contribution in [0.15, 0.2) is 29.6 Å². The number of rotatable bonds is 6. The second-order valence-corrected chi connectivity index (χ2v) is 6.24. The summed E-state index contributed by atoms with van der Waals surface area (Å²) >= 11 is 1.39. The minimum absolute atomic E-state index is 0.102. The van der Waals surface area contributed by atoms with Crippen LogP contribution in [0, 0.1) is 12.3 Å². The van der Waals surface area contributed by atoms with Gasteiger partial charge in [-0.2, -0.15) is 0 Å². The highest BCUT2D eigenvalue weighted by molar-refractivity contribution is 7.99. The summed E-state index contributed by atoms with van der Waals surface area (Å²) in [6.45, 7) is 4.16. The molecule has 1 aliphatic rings. The largest absolute Gasteiger partial charge is 0.486 e. The molecule has 2 heterocycles. The summed E-state index contributed by atoms with van der Waals surface area (Å²) in [7, 11) is 0. The maximum atomic E-state index is 11.7. The Balaban J connectivity index is 1.78. The van der Waals surface area contributed by atoms with E-state index in [0.717, 1.165) is 34.5 Å². The summed E-state index contributed by atoms with van der Waals surface area (Å²) in [5.74, 6) is 4.07. The normalized spacial score (nSPS) is 12.5. The lowest BCUT2D eigenvalue weighted by Crippen LogP contribution is -2.25. The lowest BCUT2D eigenvalue weighted by Gasteiger charge is -2.19. The van der Waals surface area contributed by atoms with E-state index in [0.29, 0.717) is 13.2 Å². The van der Waals surface area contributed by atoms with Crippen molar-refractivity contribution in [2.75, 3.05) is 25.5 Å². The number of carbonyl (C=O) groups is 1. The number of benzene rings is 1. The van der Waals surface area contributed by atoms with E-state index in [9.17, 15) is 4.79 Å². The summed E-state index contributed by atoms with van der Waals surface area (Å²) in [4.78, 5) is 16.2. The third-order valence-electron chi connectivity index (χ3n) is 3.69. The monoisotopic (exact) mass is 357 g/mol. The van der Waals surface area contributed by atoms with Gasteiger partial charge in [-0.3, -0.25) is 4.79 Å². The van der Waals surface area contributed by atoms with E-state index in [2.05, 4.69) is 20.8 Å². The quantitative estimate of drug-likeness (QED) is 0.634. The number of nitrogens with zero attached hydrogens (tertiary/aromatic N) is 2. The molecule has 2 aromatic rings. The van der Waals surface area contributed by atoms with Crippen molar-refractivity contribution < 1.29 is 14.3 Å². The molecule has 0 aliphatic carbocycles. The molecule has 1 amide bonds. The molecule has 0 saturated carbocycles. The van der Waals surface area contributed by atoms with Gasteiger partial charge in [0.1, 0.15) is 13.2 Å². The predicted octanol–water partition coefficient (Wildman–Crippen LogP) is 2.18. The highest BCUT2D eigenvalue weighted by Gasteiger charge is 2.16. The molecule has 1 aliphatic heterocycles. The first-order valence-electron chi connectivity index (χ1n) is 8.01. The maximum Gasteiger partial charge on any atom is 0.231 e. The highest BCUT2D eigenvalue weighted by Crippen LogP contribution is 2.35. The summed E-state index contributed by atoms with van der Waals surface area (Å²) in [5, 5.41) is 3.44. The number of carbonyl (C=O) groups excluding carboxylic acids is 1. The fourth-order valence-corrected chi connectivity index (χ4v) is 3.42. The zero-order valence-electron chi connectivity index (χ0n) is 13.9. The molecule has 0 fully saturated rings. The molecule has 130 valence electrons. The first kappa shape index (κ1) is 17.2. The van der Waals surface area contributed by atoms with Gasteiger partial charge in [0.15, 0.2) is 16.7 Å². The van der Waals surface area contributed by atoms with Gasteiger partial charge in [0.2, 0.25) is 5.91 Å². The van der Waals surface area contributed by atoms with Crippen molar-refractivity contribution in [3.63, 3.8) is 0 Å². The molecule has 1 aromatic carbocycles. The van der Waals surface area contributed by atoms with Crippen molar-refractivity contribution in [2.24, 2.45) is 0 Å². The van der Waals surface area contributed by atoms with Crippen molar-refractivity contribution in [2.45, 2.75) is 18.6 Å². The average Bonchev–Trinajstić information content (AvgIpc) is 3.07. The van der Waals surface area contributed by atoms with E-state index in [1.165, 1.54) is 11.8 Å². The van der Waals surface area contributed by atoms with Crippen LogP contribution in [0.5, 0.6) is 11.5 Å². The molecule has 0 bridgehead atoms. The first-order chi connectivity index (χ1) is 12.2. The molecule has 3 rings (SSSR count). The lowest BCUT2D eigenvalue weighted by atomic mass is 10.1. The second kappa shape index (κ2) is 7.99. The standard InChI is InChI=1S/C18H19N3O3S/c1-3-7-19-17(22)12-25-18-20-11-14(21(18)4-2)13-5-6-15-16(10-13)24-9-8-23-15/h1,5-6,10-11H,4,7-9,12H2,2H3,(H,19,22). The number of thioether (sulfide) groups is 1. The molecule has 25 heavy (non-hydrogen) atoms. The molecule has 0 atom stereocenters. The maximum absolute atomic E-state index is 11.7. The molecular formula is C18H19N3O3S. The molecule has 0 radical (unpaired) electrons. The first-order valence-corrected chi connectivity index (χ1v) is 9.00. The number of aromatic nitrogens is 2.